The fourth-order valence-electron chi connectivity index (χ4n) is 0.268. The van der Waals surface area contributed by atoms with Gasteiger partial charge in [-0.1, -0.05) is 0 Å². The minimum Gasteiger partial charge on any atom is -0.480 e. The molecule has 0 aromatic heterocycles. The summed E-state index contributed by atoms with van der Waals surface area (Å²) in [7, 11) is 0. The Balaban J connectivity index is 3.49. The molecule has 0 aliphatic carbocycles. The standard InChI is InChI=1S/C5H8O5/c1-3(5(8)9)10-2-4(6)7/h3H,2H2,1H3,(H,6,7)(H,8,9)/t3-/m0/s1. The zero-order valence-electron chi connectivity index (χ0n) is 5.40. The third-order valence-corrected chi connectivity index (χ3v) is 0.805. The molecule has 5 heteroatoms. The lowest BCUT2D eigenvalue weighted by Crippen LogP contribution is -2.23. The Kier molecular flexibility index (Phi) is 3.42. The van der Waals surface area contributed by atoms with Crippen LogP contribution in [0.25, 0.3) is 0 Å². The highest BCUT2D eigenvalue weighted by atomic mass is 16.5. The van der Waals surface area contributed by atoms with Crippen molar-refractivity contribution in [2.75, 3.05) is 6.61 Å². The number of rotatable bonds is 4. The maximum absolute atomic E-state index is 9.99. The topological polar surface area (TPSA) is 83.8 Å². The van der Waals surface area contributed by atoms with Crippen LogP contribution in [-0.4, -0.2) is 34.9 Å². The van der Waals surface area contributed by atoms with E-state index in [1.54, 1.807) is 0 Å². The van der Waals surface area contributed by atoms with Crippen molar-refractivity contribution in [3.63, 3.8) is 0 Å². The van der Waals surface area contributed by atoms with Gasteiger partial charge < -0.3 is 14.9 Å². The molecule has 5 nitrogen and oxygen atoms in total. The minimum absolute atomic E-state index is 0.576. The molecule has 0 unspecified atom stereocenters. The van der Waals surface area contributed by atoms with Crippen LogP contribution in [0.3, 0.4) is 0 Å². The molecule has 1 atom stereocenters. The monoisotopic (exact) mass is 148 g/mol. The van der Waals surface area contributed by atoms with Gasteiger partial charge in [0.15, 0.2) is 6.10 Å². The van der Waals surface area contributed by atoms with Gasteiger partial charge in [0.25, 0.3) is 0 Å². The van der Waals surface area contributed by atoms with E-state index >= 15 is 0 Å². The van der Waals surface area contributed by atoms with Crippen molar-refractivity contribution in [2.45, 2.75) is 13.0 Å². The van der Waals surface area contributed by atoms with Gasteiger partial charge >= 0.3 is 11.9 Å². The average Bonchev–Trinajstić information content (AvgIpc) is 1.82. The van der Waals surface area contributed by atoms with Crippen LogP contribution >= 0.6 is 0 Å². The van der Waals surface area contributed by atoms with Gasteiger partial charge in [0, 0.05) is 0 Å². The smallest absolute Gasteiger partial charge is 0.332 e. The average molecular weight is 148 g/mol. The highest BCUT2D eigenvalue weighted by Gasteiger charge is 2.11. The second-order valence-electron chi connectivity index (χ2n) is 1.69. The number of hydrogen-bond donors (Lipinski definition) is 2. The summed E-state index contributed by atoms with van der Waals surface area (Å²) in [5.41, 5.74) is 0. The fraction of sp³-hybridized carbons (Fsp3) is 0.600. The van der Waals surface area contributed by atoms with Crippen molar-refractivity contribution in [3.8, 4) is 0 Å². The maximum atomic E-state index is 9.99. The molecule has 0 rings (SSSR count). The van der Waals surface area contributed by atoms with E-state index in [0.717, 1.165) is 0 Å². The predicted molar refractivity (Wildman–Crippen MR) is 30.7 cm³/mol. The van der Waals surface area contributed by atoms with E-state index in [1.807, 2.05) is 0 Å². The molecule has 0 amide bonds. The van der Waals surface area contributed by atoms with Gasteiger partial charge in [-0.25, -0.2) is 9.59 Å². The van der Waals surface area contributed by atoms with Gasteiger partial charge in [0.1, 0.15) is 6.61 Å². The van der Waals surface area contributed by atoms with Crippen LogP contribution in [0.5, 0.6) is 0 Å². The summed E-state index contributed by atoms with van der Waals surface area (Å²) in [4.78, 5) is 19.8. The van der Waals surface area contributed by atoms with Gasteiger partial charge in [0.2, 0.25) is 0 Å². The number of ether oxygens (including phenoxy) is 1. The summed E-state index contributed by atoms with van der Waals surface area (Å²) in [6.45, 7) is 0.693. The molecule has 0 fully saturated rings. The van der Waals surface area contributed by atoms with Crippen LogP contribution in [0.4, 0.5) is 0 Å². The van der Waals surface area contributed by atoms with Crippen molar-refractivity contribution in [2.24, 2.45) is 0 Å². The molecule has 0 aromatic carbocycles. The van der Waals surface area contributed by atoms with E-state index in [2.05, 4.69) is 4.74 Å². The third kappa shape index (κ3) is 3.85. The number of carboxylic acids is 2. The highest BCUT2D eigenvalue weighted by molar-refractivity contribution is 5.73. The van der Waals surface area contributed by atoms with Crippen LogP contribution in [0.2, 0.25) is 0 Å². The molecule has 2 N–H and O–H groups in total. The van der Waals surface area contributed by atoms with Crippen molar-refractivity contribution in [1.82, 2.24) is 0 Å². The Hall–Kier alpha value is -1.10. The van der Waals surface area contributed by atoms with Gasteiger partial charge in [-0.3, -0.25) is 0 Å². The van der Waals surface area contributed by atoms with Crippen LogP contribution in [-0.2, 0) is 14.3 Å². The molecule has 0 spiro atoms. The Labute approximate surface area is 57.2 Å². The first-order chi connectivity index (χ1) is 4.54. The molecular weight excluding hydrogens is 140 g/mol. The lowest BCUT2D eigenvalue weighted by molar-refractivity contribution is -0.154. The summed E-state index contributed by atoms with van der Waals surface area (Å²) in [5.74, 6) is -2.34. The zero-order chi connectivity index (χ0) is 8.15. The van der Waals surface area contributed by atoms with Crippen LogP contribution in [0.1, 0.15) is 6.92 Å². The SMILES string of the molecule is C[C@H](OCC(=O)O)C(=O)O. The van der Waals surface area contributed by atoms with E-state index in [4.69, 9.17) is 10.2 Å². The summed E-state index contributed by atoms with van der Waals surface area (Å²) in [6, 6.07) is 0. The molecule has 10 heavy (non-hydrogen) atoms. The van der Waals surface area contributed by atoms with E-state index in [1.165, 1.54) is 6.92 Å². The molecule has 0 saturated carbocycles. The number of carbonyl (C=O) groups is 2. The summed E-state index contributed by atoms with van der Waals surface area (Å²) >= 11 is 0. The van der Waals surface area contributed by atoms with Crippen LogP contribution < -0.4 is 0 Å². The number of carboxylic acid groups (broad SMARTS) is 2. The number of hydrogen-bond acceptors (Lipinski definition) is 3. The lowest BCUT2D eigenvalue weighted by atomic mass is 10.4. The van der Waals surface area contributed by atoms with Gasteiger partial charge in [-0.2, -0.15) is 0 Å². The Bertz CT molecular complexity index is 141. The normalized spacial score (nSPS) is 12.5. The molecule has 0 saturated heterocycles. The minimum atomic E-state index is -1.17. The molecule has 0 aliphatic rings. The fourth-order valence-corrected chi connectivity index (χ4v) is 0.268. The summed E-state index contributed by atoms with van der Waals surface area (Å²) < 4.78 is 4.37. The van der Waals surface area contributed by atoms with E-state index < -0.39 is 24.6 Å². The third-order valence-electron chi connectivity index (χ3n) is 0.805. The molecule has 0 aliphatic heterocycles. The van der Waals surface area contributed by atoms with Crippen LogP contribution in [0.15, 0.2) is 0 Å². The Morgan fingerprint density at radius 3 is 2.30 bits per heavy atom. The molecule has 0 aromatic rings. The molecule has 58 valence electrons. The van der Waals surface area contributed by atoms with Crippen LogP contribution in [0, 0.1) is 0 Å². The van der Waals surface area contributed by atoms with Gasteiger partial charge in [-0.15, -0.1) is 0 Å². The molecule has 0 heterocycles. The zero-order valence-corrected chi connectivity index (χ0v) is 5.40. The van der Waals surface area contributed by atoms with Gasteiger partial charge in [0.05, 0.1) is 0 Å². The molecule has 0 bridgehead atoms. The van der Waals surface area contributed by atoms with Crippen molar-refractivity contribution >= 4 is 11.9 Å². The number of aliphatic carboxylic acids is 2. The van der Waals surface area contributed by atoms with E-state index in [0.29, 0.717) is 0 Å². The Morgan fingerprint density at radius 2 is 2.00 bits per heavy atom. The lowest BCUT2D eigenvalue weighted by Gasteiger charge is -2.03. The van der Waals surface area contributed by atoms with E-state index in [-0.39, 0.29) is 0 Å². The first kappa shape index (κ1) is 8.90. The first-order valence-electron chi connectivity index (χ1n) is 2.60. The van der Waals surface area contributed by atoms with Crippen molar-refractivity contribution in [3.05, 3.63) is 0 Å². The second-order valence-corrected chi connectivity index (χ2v) is 1.69. The maximum Gasteiger partial charge on any atom is 0.332 e. The Morgan fingerprint density at radius 1 is 1.50 bits per heavy atom. The van der Waals surface area contributed by atoms with Crippen molar-refractivity contribution < 1.29 is 24.5 Å². The largest absolute Gasteiger partial charge is 0.480 e. The predicted octanol–water partition coefficient (Wildman–Crippen LogP) is -0.439. The summed E-state index contributed by atoms with van der Waals surface area (Å²) in [5, 5.41) is 16.2. The van der Waals surface area contributed by atoms with Gasteiger partial charge in [-0.05, 0) is 6.92 Å². The quantitative estimate of drug-likeness (QED) is 0.564. The molecular formula is C5H8O5. The first-order valence-corrected chi connectivity index (χ1v) is 2.60. The molecule has 0 radical (unpaired) electrons. The second kappa shape index (κ2) is 3.84. The summed E-state index contributed by atoms with van der Waals surface area (Å²) in [6.07, 6.45) is -1.06. The highest BCUT2D eigenvalue weighted by Crippen LogP contribution is 1.88. The van der Waals surface area contributed by atoms with E-state index in [9.17, 15) is 9.59 Å². The van der Waals surface area contributed by atoms with Crippen molar-refractivity contribution in [1.29, 1.82) is 0 Å².